The van der Waals surface area contributed by atoms with E-state index >= 15 is 0 Å². The van der Waals surface area contributed by atoms with Crippen molar-refractivity contribution in [1.82, 2.24) is 0 Å². The molecule has 17 heavy (non-hydrogen) atoms. The van der Waals surface area contributed by atoms with Crippen LogP contribution in [0.4, 0.5) is 0 Å². The van der Waals surface area contributed by atoms with Crippen molar-refractivity contribution in [3.63, 3.8) is 0 Å². The second-order valence-corrected chi connectivity index (χ2v) is 4.39. The lowest BCUT2D eigenvalue weighted by molar-refractivity contribution is 0.302. The monoisotopic (exact) mass is 290 g/mol. The normalized spacial score (nSPS) is 9.94. The minimum Gasteiger partial charge on any atom is -0.484 e. The van der Waals surface area contributed by atoms with Crippen LogP contribution in [0.5, 0.6) is 5.75 Å². The molecule has 0 spiro atoms. The molecule has 2 nitrogen and oxygen atoms in total. The predicted octanol–water partition coefficient (Wildman–Crippen LogP) is 3.39. The van der Waals surface area contributed by atoms with Crippen LogP contribution in [0.3, 0.4) is 0 Å². The average molecular weight is 291 g/mol. The summed E-state index contributed by atoms with van der Waals surface area (Å²) >= 11 is 3.33. The zero-order valence-electron chi connectivity index (χ0n) is 9.10. The zero-order chi connectivity index (χ0) is 12.1. The fraction of sp³-hybridized carbons (Fsp3) is 0.0714. The van der Waals surface area contributed by atoms with Crippen LogP contribution < -0.4 is 10.2 Å². The molecule has 0 fully saturated rings. The Morgan fingerprint density at radius 2 is 1.59 bits per heavy atom. The molecule has 0 aliphatic heterocycles. The highest BCUT2D eigenvalue weighted by Gasteiger charge is 2.04. The van der Waals surface area contributed by atoms with Crippen molar-refractivity contribution in [3.05, 3.63) is 74.9 Å². The van der Waals surface area contributed by atoms with Gasteiger partial charge in [0, 0.05) is 0 Å². The first-order valence-corrected chi connectivity index (χ1v) is 6.02. The van der Waals surface area contributed by atoms with Crippen molar-refractivity contribution in [2.45, 2.75) is 6.61 Å². The van der Waals surface area contributed by atoms with E-state index in [1.54, 1.807) is 18.2 Å². The third-order valence-electron chi connectivity index (χ3n) is 2.27. The molecule has 0 aliphatic rings. The molecular weight excluding hydrogens is 280 g/mol. The summed E-state index contributed by atoms with van der Waals surface area (Å²) in [5, 5.41) is 0. The number of hydrogen-bond donors (Lipinski definition) is 0. The molecule has 0 saturated carbocycles. The third kappa shape index (κ3) is 3.17. The van der Waals surface area contributed by atoms with Gasteiger partial charge in [-0.05, 0) is 33.6 Å². The SMILES string of the molecule is O=c1ccccc(Br)c1OCc1ccccc1. The van der Waals surface area contributed by atoms with Gasteiger partial charge in [-0.25, -0.2) is 0 Å². The van der Waals surface area contributed by atoms with Gasteiger partial charge in [-0.15, -0.1) is 0 Å². The largest absolute Gasteiger partial charge is 0.484 e. The Labute approximate surface area is 108 Å². The molecule has 0 saturated heterocycles. The third-order valence-corrected chi connectivity index (χ3v) is 2.89. The molecule has 86 valence electrons. The van der Waals surface area contributed by atoms with E-state index in [-0.39, 0.29) is 5.43 Å². The van der Waals surface area contributed by atoms with E-state index in [1.807, 2.05) is 30.3 Å². The van der Waals surface area contributed by atoms with Crippen LogP contribution in [-0.2, 0) is 6.61 Å². The molecule has 0 heterocycles. The van der Waals surface area contributed by atoms with Gasteiger partial charge in [0.1, 0.15) is 6.61 Å². The van der Waals surface area contributed by atoms with Gasteiger partial charge >= 0.3 is 0 Å². The first-order chi connectivity index (χ1) is 8.27. The zero-order valence-corrected chi connectivity index (χ0v) is 10.7. The van der Waals surface area contributed by atoms with E-state index in [9.17, 15) is 4.79 Å². The molecule has 2 rings (SSSR count). The lowest BCUT2D eigenvalue weighted by Crippen LogP contribution is -2.05. The van der Waals surface area contributed by atoms with Crippen molar-refractivity contribution >= 4 is 15.9 Å². The minimum atomic E-state index is -0.127. The second-order valence-electron chi connectivity index (χ2n) is 3.53. The van der Waals surface area contributed by atoms with Gasteiger partial charge in [-0.2, -0.15) is 0 Å². The van der Waals surface area contributed by atoms with Gasteiger partial charge in [-0.1, -0.05) is 42.5 Å². The summed E-state index contributed by atoms with van der Waals surface area (Å²) in [5.41, 5.74) is 0.906. The highest BCUT2D eigenvalue weighted by molar-refractivity contribution is 9.10. The lowest BCUT2D eigenvalue weighted by Gasteiger charge is -2.05. The Morgan fingerprint density at radius 3 is 2.35 bits per heavy atom. The van der Waals surface area contributed by atoms with Crippen molar-refractivity contribution in [2.24, 2.45) is 0 Å². The molecule has 0 aromatic heterocycles. The maximum atomic E-state index is 11.7. The van der Waals surface area contributed by atoms with Crippen LogP contribution in [-0.4, -0.2) is 0 Å². The molecular formula is C14H11BrO2. The molecule has 0 amide bonds. The maximum absolute atomic E-state index is 11.7. The van der Waals surface area contributed by atoms with Gasteiger partial charge in [0.15, 0.2) is 5.75 Å². The number of benzene rings is 1. The Kier molecular flexibility index (Phi) is 3.94. The van der Waals surface area contributed by atoms with Crippen molar-refractivity contribution < 1.29 is 4.74 Å². The van der Waals surface area contributed by atoms with Gasteiger partial charge in [0.2, 0.25) is 5.43 Å². The smallest absolute Gasteiger partial charge is 0.221 e. The number of hydrogen-bond acceptors (Lipinski definition) is 2. The highest BCUT2D eigenvalue weighted by atomic mass is 79.9. The van der Waals surface area contributed by atoms with Crippen LogP contribution in [0, 0.1) is 0 Å². The molecule has 0 radical (unpaired) electrons. The Balaban J connectivity index is 2.21. The highest BCUT2D eigenvalue weighted by Crippen LogP contribution is 2.19. The molecule has 3 heteroatoms. The molecule has 2 aromatic rings. The maximum Gasteiger partial charge on any atom is 0.221 e. The van der Waals surface area contributed by atoms with Crippen molar-refractivity contribution in [2.75, 3.05) is 0 Å². The van der Waals surface area contributed by atoms with Crippen molar-refractivity contribution in [1.29, 1.82) is 0 Å². The van der Waals surface area contributed by atoms with Crippen LogP contribution in [0.25, 0.3) is 0 Å². The first-order valence-electron chi connectivity index (χ1n) is 5.23. The summed E-state index contributed by atoms with van der Waals surface area (Å²) in [4.78, 5) is 11.7. The van der Waals surface area contributed by atoms with Crippen molar-refractivity contribution in [3.8, 4) is 5.75 Å². The van der Waals surface area contributed by atoms with Crippen LogP contribution in [0.1, 0.15) is 5.56 Å². The number of rotatable bonds is 3. The fourth-order valence-electron chi connectivity index (χ4n) is 1.42. The van der Waals surface area contributed by atoms with Crippen LogP contribution in [0.2, 0.25) is 0 Å². The van der Waals surface area contributed by atoms with E-state index in [1.165, 1.54) is 6.07 Å². The van der Waals surface area contributed by atoms with Gasteiger partial charge in [-0.3, -0.25) is 4.79 Å². The summed E-state index contributed by atoms with van der Waals surface area (Å²) in [6.45, 7) is 0.388. The summed E-state index contributed by atoms with van der Waals surface area (Å²) in [6.07, 6.45) is 0. The summed E-state index contributed by atoms with van der Waals surface area (Å²) < 4.78 is 6.22. The molecule has 0 atom stereocenters. The summed E-state index contributed by atoms with van der Waals surface area (Å²) in [5.74, 6) is 0.346. The first kappa shape index (κ1) is 11.9. The average Bonchev–Trinajstić information content (AvgIpc) is 2.50. The Morgan fingerprint density at radius 1 is 0.941 bits per heavy atom. The molecule has 0 unspecified atom stereocenters. The Hall–Kier alpha value is -1.61. The molecule has 2 aromatic carbocycles. The summed E-state index contributed by atoms with van der Waals surface area (Å²) in [6, 6.07) is 16.5. The van der Waals surface area contributed by atoms with Crippen LogP contribution >= 0.6 is 15.9 Å². The number of ether oxygens (including phenoxy) is 1. The molecule has 0 N–H and O–H groups in total. The Bertz CT molecular complexity index is 552. The fourth-order valence-corrected chi connectivity index (χ4v) is 1.88. The van der Waals surface area contributed by atoms with Crippen LogP contribution in [0.15, 0.2) is 63.9 Å². The minimum absolute atomic E-state index is 0.127. The number of halogens is 1. The van der Waals surface area contributed by atoms with E-state index < -0.39 is 0 Å². The standard InChI is InChI=1S/C14H11BrO2/c15-12-8-4-5-9-13(16)14(12)17-10-11-6-2-1-3-7-11/h1-9H,10H2. The second kappa shape index (κ2) is 5.64. The molecule has 0 bridgehead atoms. The summed E-state index contributed by atoms with van der Waals surface area (Å²) in [7, 11) is 0. The van der Waals surface area contributed by atoms with E-state index in [0.717, 1.165) is 5.56 Å². The van der Waals surface area contributed by atoms with E-state index in [4.69, 9.17) is 4.74 Å². The topological polar surface area (TPSA) is 26.3 Å². The quantitative estimate of drug-likeness (QED) is 0.866. The lowest BCUT2D eigenvalue weighted by atomic mass is 10.2. The van der Waals surface area contributed by atoms with E-state index in [2.05, 4.69) is 15.9 Å². The van der Waals surface area contributed by atoms with Gasteiger partial charge in [0.25, 0.3) is 0 Å². The molecule has 0 aliphatic carbocycles. The van der Waals surface area contributed by atoms with E-state index in [0.29, 0.717) is 16.8 Å². The predicted molar refractivity (Wildman–Crippen MR) is 71.2 cm³/mol. The van der Waals surface area contributed by atoms with Gasteiger partial charge in [0.05, 0.1) is 4.47 Å². The van der Waals surface area contributed by atoms with Gasteiger partial charge < -0.3 is 4.74 Å².